The van der Waals surface area contributed by atoms with Gasteiger partial charge in [0.1, 0.15) is 0 Å². The highest BCUT2D eigenvalue weighted by molar-refractivity contribution is 4.76. The predicted octanol–water partition coefficient (Wildman–Crippen LogP) is 2.09. The maximum atomic E-state index is 9.37. The van der Waals surface area contributed by atoms with Crippen LogP contribution in [-0.2, 0) is 4.74 Å². The molecule has 1 rings (SSSR count). The molecule has 0 heterocycles. The molecule has 0 aromatic heterocycles. The van der Waals surface area contributed by atoms with Gasteiger partial charge in [-0.05, 0) is 45.1 Å². The Morgan fingerprint density at radius 1 is 1.12 bits per heavy atom. The van der Waals surface area contributed by atoms with E-state index in [2.05, 4.69) is 12.2 Å². The van der Waals surface area contributed by atoms with Gasteiger partial charge in [-0.1, -0.05) is 13.3 Å². The number of aliphatic hydroxyl groups is 1. The van der Waals surface area contributed by atoms with Gasteiger partial charge in [0.2, 0.25) is 0 Å². The summed E-state index contributed by atoms with van der Waals surface area (Å²) in [6.07, 6.45) is 7.61. The van der Waals surface area contributed by atoms with Gasteiger partial charge in [-0.25, -0.2) is 0 Å². The molecule has 1 saturated carbocycles. The van der Waals surface area contributed by atoms with Crippen molar-refractivity contribution in [2.24, 2.45) is 0 Å². The Bertz CT molecular complexity index is 156. The van der Waals surface area contributed by atoms with E-state index < -0.39 is 0 Å². The van der Waals surface area contributed by atoms with E-state index in [-0.39, 0.29) is 6.10 Å². The van der Waals surface area contributed by atoms with Crippen molar-refractivity contribution in [1.82, 2.24) is 5.32 Å². The quantitative estimate of drug-likeness (QED) is 0.626. The maximum absolute atomic E-state index is 9.37. The smallest absolute Gasteiger partial charge is 0.0541 e. The molecule has 0 aromatic rings. The lowest BCUT2D eigenvalue weighted by Gasteiger charge is -2.26. The standard InChI is InChI=1S/C13H27NO2/c1-2-3-10-16-11-4-9-14-12-5-7-13(15)8-6-12/h12-15H,2-11H2,1H3. The number of hydrogen-bond acceptors (Lipinski definition) is 3. The summed E-state index contributed by atoms with van der Waals surface area (Å²) in [5, 5.41) is 12.9. The van der Waals surface area contributed by atoms with Crippen LogP contribution in [0.3, 0.4) is 0 Å². The van der Waals surface area contributed by atoms with E-state index in [0.29, 0.717) is 6.04 Å². The lowest BCUT2D eigenvalue weighted by Crippen LogP contribution is -2.35. The van der Waals surface area contributed by atoms with Crippen LogP contribution >= 0.6 is 0 Å². The first-order valence-corrected chi connectivity index (χ1v) is 6.82. The van der Waals surface area contributed by atoms with E-state index >= 15 is 0 Å². The topological polar surface area (TPSA) is 41.5 Å². The Morgan fingerprint density at radius 3 is 2.50 bits per heavy atom. The number of nitrogens with one attached hydrogen (secondary N) is 1. The highest BCUT2D eigenvalue weighted by atomic mass is 16.5. The van der Waals surface area contributed by atoms with Crippen molar-refractivity contribution >= 4 is 0 Å². The third-order valence-electron chi connectivity index (χ3n) is 3.24. The zero-order valence-electron chi connectivity index (χ0n) is 10.6. The molecule has 0 atom stereocenters. The highest BCUT2D eigenvalue weighted by Crippen LogP contribution is 2.17. The lowest BCUT2D eigenvalue weighted by atomic mass is 9.93. The van der Waals surface area contributed by atoms with E-state index in [1.807, 2.05) is 0 Å². The van der Waals surface area contributed by atoms with Crippen LogP contribution in [0.1, 0.15) is 51.9 Å². The van der Waals surface area contributed by atoms with E-state index in [1.165, 1.54) is 12.8 Å². The molecule has 3 heteroatoms. The van der Waals surface area contributed by atoms with Crippen molar-refractivity contribution < 1.29 is 9.84 Å². The summed E-state index contributed by atoms with van der Waals surface area (Å²) in [5.74, 6) is 0. The summed E-state index contributed by atoms with van der Waals surface area (Å²) in [7, 11) is 0. The number of hydrogen-bond donors (Lipinski definition) is 2. The zero-order valence-corrected chi connectivity index (χ0v) is 10.6. The molecular formula is C13H27NO2. The zero-order chi connectivity index (χ0) is 11.6. The molecule has 0 spiro atoms. The normalized spacial score (nSPS) is 25.9. The Balaban J connectivity index is 1.84. The minimum atomic E-state index is -0.0459. The fourth-order valence-corrected chi connectivity index (χ4v) is 2.11. The summed E-state index contributed by atoms with van der Waals surface area (Å²) in [4.78, 5) is 0. The van der Waals surface area contributed by atoms with Crippen LogP contribution in [0.2, 0.25) is 0 Å². The number of unbranched alkanes of at least 4 members (excludes halogenated alkanes) is 1. The second kappa shape index (κ2) is 8.97. The van der Waals surface area contributed by atoms with Crippen molar-refractivity contribution in [2.75, 3.05) is 19.8 Å². The highest BCUT2D eigenvalue weighted by Gasteiger charge is 2.18. The molecule has 1 aliphatic rings. The third kappa shape index (κ3) is 6.46. The van der Waals surface area contributed by atoms with Crippen LogP contribution in [0.25, 0.3) is 0 Å². The van der Waals surface area contributed by atoms with Crippen molar-refractivity contribution in [3.8, 4) is 0 Å². The Labute approximate surface area is 99.6 Å². The molecular weight excluding hydrogens is 202 g/mol. The number of rotatable bonds is 8. The summed E-state index contributed by atoms with van der Waals surface area (Å²) >= 11 is 0. The van der Waals surface area contributed by atoms with Gasteiger partial charge < -0.3 is 15.2 Å². The Kier molecular flexibility index (Phi) is 7.81. The van der Waals surface area contributed by atoms with E-state index in [9.17, 15) is 5.11 Å². The molecule has 1 fully saturated rings. The maximum Gasteiger partial charge on any atom is 0.0541 e. The van der Waals surface area contributed by atoms with Crippen LogP contribution in [0.4, 0.5) is 0 Å². The molecule has 0 saturated heterocycles. The van der Waals surface area contributed by atoms with Crippen LogP contribution in [0, 0.1) is 0 Å². The van der Waals surface area contributed by atoms with Crippen molar-refractivity contribution in [1.29, 1.82) is 0 Å². The number of ether oxygens (including phenoxy) is 1. The molecule has 0 unspecified atom stereocenters. The Hall–Kier alpha value is -0.120. The van der Waals surface area contributed by atoms with Crippen LogP contribution in [0.15, 0.2) is 0 Å². The predicted molar refractivity (Wildman–Crippen MR) is 66.6 cm³/mol. The van der Waals surface area contributed by atoms with Gasteiger partial charge in [-0.15, -0.1) is 0 Å². The van der Waals surface area contributed by atoms with Crippen molar-refractivity contribution in [3.63, 3.8) is 0 Å². The molecule has 0 aliphatic heterocycles. The minimum Gasteiger partial charge on any atom is -0.393 e. The van der Waals surface area contributed by atoms with E-state index in [0.717, 1.165) is 51.9 Å². The fourth-order valence-electron chi connectivity index (χ4n) is 2.11. The van der Waals surface area contributed by atoms with Crippen molar-refractivity contribution in [3.05, 3.63) is 0 Å². The molecule has 0 aromatic carbocycles. The molecule has 1 aliphatic carbocycles. The molecule has 3 nitrogen and oxygen atoms in total. The first-order chi connectivity index (χ1) is 7.83. The Morgan fingerprint density at radius 2 is 1.81 bits per heavy atom. The molecule has 0 radical (unpaired) electrons. The second-order valence-corrected chi connectivity index (χ2v) is 4.78. The molecule has 0 bridgehead atoms. The monoisotopic (exact) mass is 229 g/mol. The summed E-state index contributed by atoms with van der Waals surface area (Å²) in [5.41, 5.74) is 0. The molecule has 0 amide bonds. The summed E-state index contributed by atoms with van der Waals surface area (Å²) < 4.78 is 5.50. The van der Waals surface area contributed by atoms with Gasteiger partial charge in [-0.3, -0.25) is 0 Å². The van der Waals surface area contributed by atoms with Gasteiger partial charge >= 0.3 is 0 Å². The third-order valence-corrected chi connectivity index (χ3v) is 3.24. The first kappa shape index (κ1) is 13.9. The van der Waals surface area contributed by atoms with Gasteiger partial charge in [-0.2, -0.15) is 0 Å². The number of aliphatic hydroxyl groups excluding tert-OH is 1. The lowest BCUT2D eigenvalue weighted by molar-refractivity contribution is 0.112. The average molecular weight is 229 g/mol. The van der Waals surface area contributed by atoms with Crippen LogP contribution in [0.5, 0.6) is 0 Å². The second-order valence-electron chi connectivity index (χ2n) is 4.78. The van der Waals surface area contributed by atoms with Crippen LogP contribution in [-0.4, -0.2) is 37.0 Å². The summed E-state index contributed by atoms with van der Waals surface area (Å²) in [6, 6.07) is 0.624. The molecule has 96 valence electrons. The molecule has 16 heavy (non-hydrogen) atoms. The van der Waals surface area contributed by atoms with Gasteiger partial charge in [0.15, 0.2) is 0 Å². The summed E-state index contributed by atoms with van der Waals surface area (Å²) in [6.45, 7) is 5.02. The van der Waals surface area contributed by atoms with Crippen LogP contribution < -0.4 is 5.32 Å². The average Bonchev–Trinajstić information content (AvgIpc) is 2.30. The van der Waals surface area contributed by atoms with Gasteiger partial charge in [0.25, 0.3) is 0 Å². The first-order valence-electron chi connectivity index (χ1n) is 6.82. The SMILES string of the molecule is CCCCOCCCNC1CCC(O)CC1. The molecule has 2 N–H and O–H groups in total. The van der Waals surface area contributed by atoms with Gasteiger partial charge in [0, 0.05) is 19.3 Å². The van der Waals surface area contributed by atoms with E-state index in [4.69, 9.17) is 4.74 Å². The largest absolute Gasteiger partial charge is 0.393 e. The fraction of sp³-hybridized carbons (Fsp3) is 1.00. The van der Waals surface area contributed by atoms with Crippen molar-refractivity contribution in [2.45, 2.75) is 64.0 Å². The minimum absolute atomic E-state index is 0.0459. The van der Waals surface area contributed by atoms with E-state index in [1.54, 1.807) is 0 Å². The van der Waals surface area contributed by atoms with Gasteiger partial charge in [0.05, 0.1) is 6.10 Å².